The summed E-state index contributed by atoms with van der Waals surface area (Å²) < 4.78 is 8.23. The average molecular weight is 438 g/mol. The molecule has 3 heterocycles. The number of anilines is 1. The molecular formula is C27H27N5O. The van der Waals surface area contributed by atoms with Gasteiger partial charge in [0, 0.05) is 30.7 Å². The SMILES string of the molecule is CCCCc1nc2c(N)nc3ccccc3c2n1Cc1ccc(OCc2ccncc2)cc1. The molecule has 0 amide bonds. The van der Waals surface area contributed by atoms with Crippen LogP contribution in [0.15, 0.2) is 73.1 Å². The molecule has 0 aliphatic carbocycles. The summed E-state index contributed by atoms with van der Waals surface area (Å²) in [6.07, 6.45) is 6.66. The van der Waals surface area contributed by atoms with Crippen molar-refractivity contribution in [3.05, 3.63) is 90.0 Å². The molecule has 0 saturated heterocycles. The van der Waals surface area contributed by atoms with Crippen LogP contribution < -0.4 is 10.5 Å². The Kier molecular flexibility index (Phi) is 5.89. The zero-order valence-corrected chi connectivity index (χ0v) is 18.7. The minimum atomic E-state index is 0.486. The lowest BCUT2D eigenvalue weighted by Crippen LogP contribution is -2.06. The van der Waals surface area contributed by atoms with Crippen LogP contribution in [0.5, 0.6) is 5.75 Å². The third kappa shape index (κ3) is 4.37. The van der Waals surface area contributed by atoms with Crippen molar-refractivity contribution in [3.63, 3.8) is 0 Å². The molecule has 5 rings (SSSR count). The Bertz CT molecular complexity index is 1380. The first-order chi connectivity index (χ1) is 16.2. The Morgan fingerprint density at radius 1 is 0.909 bits per heavy atom. The summed E-state index contributed by atoms with van der Waals surface area (Å²) in [6, 6.07) is 20.3. The van der Waals surface area contributed by atoms with Crippen LogP contribution in [-0.2, 0) is 19.6 Å². The minimum absolute atomic E-state index is 0.486. The van der Waals surface area contributed by atoms with Gasteiger partial charge < -0.3 is 15.0 Å². The van der Waals surface area contributed by atoms with Crippen molar-refractivity contribution < 1.29 is 4.74 Å². The normalized spacial score (nSPS) is 11.3. The number of rotatable bonds is 8. The second-order valence-electron chi connectivity index (χ2n) is 8.22. The summed E-state index contributed by atoms with van der Waals surface area (Å²) >= 11 is 0. The molecule has 6 nitrogen and oxygen atoms in total. The van der Waals surface area contributed by atoms with Crippen LogP contribution in [0.2, 0.25) is 0 Å². The van der Waals surface area contributed by atoms with Crippen LogP contribution in [0.25, 0.3) is 21.9 Å². The molecule has 0 bridgehead atoms. The Morgan fingerprint density at radius 2 is 1.70 bits per heavy atom. The smallest absolute Gasteiger partial charge is 0.152 e. The van der Waals surface area contributed by atoms with Gasteiger partial charge in [-0.15, -0.1) is 0 Å². The minimum Gasteiger partial charge on any atom is -0.489 e. The molecule has 0 saturated carbocycles. The van der Waals surface area contributed by atoms with E-state index in [1.165, 1.54) is 5.56 Å². The molecule has 0 fully saturated rings. The molecule has 0 unspecified atom stereocenters. The fourth-order valence-corrected chi connectivity index (χ4v) is 4.12. The zero-order chi connectivity index (χ0) is 22.6. The molecule has 2 aromatic carbocycles. The Hall–Kier alpha value is -3.93. The number of aromatic nitrogens is 4. The van der Waals surface area contributed by atoms with Gasteiger partial charge in [-0.05, 0) is 47.9 Å². The van der Waals surface area contributed by atoms with Crippen molar-refractivity contribution in [3.8, 4) is 5.75 Å². The highest BCUT2D eigenvalue weighted by Gasteiger charge is 2.17. The van der Waals surface area contributed by atoms with Crippen molar-refractivity contribution in [2.75, 3.05) is 5.73 Å². The van der Waals surface area contributed by atoms with E-state index in [1.54, 1.807) is 12.4 Å². The number of fused-ring (bicyclic) bond motifs is 3. The fraction of sp³-hybridized carbons (Fsp3) is 0.222. The number of nitrogens with zero attached hydrogens (tertiary/aromatic N) is 4. The topological polar surface area (TPSA) is 78.8 Å². The van der Waals surface area contributed by atoms with Gasteiger partial charge in [0.25, 0.3) is 0 Å². The molecule has 2 N–H and O–H groups in total. The largest absolute Gasteiger partial charge is 0.489 e. The zero-order valence-electron chi connectivity index (χ0n) is 18.7. The van der Waals surface area contributed by atoms with Crippen LogP contribution >= 0.6 is 0 Å². The first-order valence-corrected chi connectivity index (χ1v) is 11.4. The molecule has 0 aliphatic rings. The highest BCUT2D eigenvalue weighted by atomic mass is 16.5. The van der Waals surface area contributed by atoms with E-state index < -0.39 is 0 Å². The van der Waals surface area contributed by atoms with Crippen LogP contribution in [-0.4, -0.2) is 19.5 Å². The van der Waals surface area contributed by atoms with Gasteiger partial charge in [-0.1, -0.05) is 43.7 Å². The number of unbranched alkanes of at least 4 members (excludes halogenated alkanes) is 1. The lowest BCUT2D eigenvalue weighted by atomic mass is 10.1. The summed E-state index contributed by atoms with van der Waals surface area (Å²) in [5.74, 6) is 2.38. The molecule has 5 aromatic rings. The van der Waals surface area contributed by atoms with Crippen LogP contribution in [0.1, 0.15) is 36.7 Å². The molecule has 3 aromatic heterocycles. The Morgan fingerprint density at radius 3 is 2.48 bits per heavy atom. The Balaban J connectivity index is 1.47. The molecule has 6 heteroatoms. The number of hydrogen-bond donors (Lipinski definition) is 1. The van der Waals surface area contributed by atoms with Gasteiger partial charge in [0.1, 0.15) is 23.7 Å². The van der Waals surface area contributed by atoms with Crippen LogP contribution in [0.4, 0.5) is 5.82 Å². The highest BCUT2D eigenvalue weighted by molar-refractivity contribution is 6.06. The van der Waals surface area contributed by atoms with E-state index in [-0.39, 0.29) is 0 Å². The van der Waals surface area contributed by atoms with E-state index in [9.17, 15) is 0 Å². The number of nitrogen functional groups attached to an aromatic ring is 1. The summed E-state index contributed by atoms with van der Waals surface area (Å²) in [5, 5.41) is 1.08. The van der Waals surface area contributed by atoms with Crippen molar-refractivity contribution in [2.24, 2.45) is 0 Å². The molecule has 0 aliphatic heterocycles. The van der Waals surface area contributed by atoms with Gasteiger partial charge in [0.15, 0.2) is 5.82 Å². The molecule has 33 heavy (non-hydrogen) atoms. The van der Waals surface area contributed by atoms with Crippen LogP contribution in [0.3, 0.4) is 0 Å². The molecular weight excluding hydrogens is 410 g/mol. The standard InChI is InChI=1S/C27H27N5O/c1-2-3-8-24-31-25-26(22-6-4-5-7-23(22)30-27(25)28)32(24)17-19-9-11-21(12-10-19)33-18-20-13-15-29-16-14-20/h4-7,9-16H,2-3,8,17-18H2,1H3,(H2,28,30). The van der Waals surface area contributed by atoms with Crippen molar-refractivity contribution in [1.29, 1.82) is 0 Å². The quantitative estimate of drug-likeness (QED) is 0.345. The predicted octanol–water partition coefficient (Wildman–Crippen LogP) is 5.53. The van der Waals surface area contributed by atoms with E-state index in [1.807, 2.05) is 42.5 Å². The van der Waals surface area contributed by atoms with Crippen LogP contribution in [0, 0.1) is 0 Å². The first-order valence-electron chi connectivity index (χ1n) is 11.4. The van der Waals surface area contributed by atoms with Crippen molar-refractivity contribution in [1.82, 2.24) is 19.5 Å². The highest BCUT2D eigenvalue weighted by Crippen LogP contribution is 2.30. The Labute approximate surface area is 193 Å². The maximum atomic E-state index is 6.32. The summed E-state index contributed by atoms with van der Waals surface area (Å²) in [5.41, 5.74) is 11.3. The first kappa shape index (κ1) is 20.9. The number of hydrogen-bond acceptors (Lipinski definition) is 5. The maximum absolute atomic E-state index is 6.32. The predicted molar refractivity (Wildman–Crippen MR) is 132 cm³/mol. The average Bonchev–Trinajstić information content (AvgIpc) is 3.22. The second-order valence-corrected chi connectivity index (χ2v) is 8.22. The number of benzene rings is 2. The lowest BCUT2D eigenvalue weighted by molar-refractivity contribution is 0.306. The summed E-state index contributed by atoms with van der Waals surface area (Å²) in [7, 11) is 0. The van der Waals surface area contributed by atoms with Crippen molar-refractivity contribution >= 4 is 27.8 Å². The van der Waals surface area contributed by atoms with Gasteiger partial charge in [-0.25, -0.2) is 9.97 Å². The van der Waals surface area contributed by atoms with E-state index in [2.05, 4.69) is 39.7 Å². The second kappa shape index (κ2) is 9.28. The van der Waals surface area contributed by atoms with Crippen molar-refractivity contribution in [2.45, 2.75) is 39.3 Å². The third-order valence-electron chi connectivity index (χ3n) is 5.86. The number of pyridine rings is 2. The number of para-hydroxylation sites is 1. The maximum Gasteiger partial charge on any atom is 0.152 e. The van der Waals surface area contributed by atoms with Gasteiger partial charge in [-0.3, -0.25) is 4.98 Å². The molecule has 0 atom stereocenters. The van der Waals surface area contributed by atoms with Gasteiger partial charge >= 0.3 is 0 Å². The summed E-state index contributed by atoms with van der Waals surface area (Å²) in [4.78, 5) is 13.6. The van der Waals surface area contributed by atoms with Gasteiger partial charge in [0.2, 0.25) is 0 Å². The molecule has 0 radical (unpaired) electrons. The number of nitrogens with two attached hydrogens (primary N) is 1. The van der Waals surface area contributed by atoms with Gasteiger partial charge in [-0.2, -0.15) is 0 Å². The summed E-state index contributed by atoms with van der Waals surface area (Å²) in [6.45, 7) is 3.43. The van der Waals surface area contributed by atoms with E-state index in [4.69, 9.17) is 15.5 Å². The van der Waals surface area contributed by atoms with E-state index >= 15 is 0 Å². The number of ether oxygens (including phenoxy) is 1. The van der Waals surface area contributed by atoms with E-state index in [0.29, 0.717) is 19.0 Å². The fourth-order valence-electron chi connectivity index (χ4n) is 4.12. The third-order valence-corrected chi connectivity index (χ3v) is 5.86. The number of aryl methyl sites for hydroxylation is 1. The van der Waals surface area contributed by atoms with Gasteiger partial charge in [0.05, 0.1) is 11.0 Å². The monoisotopic (exact) mass is 437 g/mol. The molecule has 166 valence electrons. The van der Waals surface area contributed by atoms with E-state index in [0.717, 1.165) is 58.3 Å². The number of imidazole rings is 1. The molecule has 0 spiro atoms. The lowest BCUT2D eigenvalue weighted by Gasteiger charge is -2.12.